The minimum Gasteiger partial charge on any atom is -0.198 e. The van der Waals surface area contributed by atoms with Gasteiger partial charge in [0.2, 0.25) is 0 Å². The number of rotatable bonds is 3. The Hall–Kier alpha value is -0.0951. The van der Waals surface area contributed by atoms with E-state index in [0.717, 1.165) is 17.3 Å². The van der Waals surface area contributed by atoms with Gasteiger partial charge in [-0.25, -0.2) is 0 Å². The van der Waals surface area contributed by atoms with Crippen LogP contribution in [0, 0.1) is 11.3 Å². The minimum atomic E-state index is 0.723. The van der Waals surface area contributed by atoms with Gasteiger partial charge in [-0.2, -0.15) is 17.0 Å². The fourth-order valence-electron chi connectivity index (χ4n) is 0.506. The van der Waals surface area contributed by atoms with E-state index in [1.54, 1.807) is 0 Å². The fraction of sp³-hybridized carbons (Fsp3) is 0.800. The maximum absolute atomic E-state index is 8.14. The van der Waals surface area contributed by atoms with Crippen molar-refractivity contribution >= 4 is 19.0 Å². The van der Waals surface area contributed by atoms with Gasteiger partial charge in [-0.15, -0.1) is 0 Å². The molecular formula is C5H8BNS. The van der Waals surface area contributed by atoms with E-state index in [4.69, 9.17) is 5.26 Å². The van der Waals surface area contributed by atoms with Crippen LogP contribution in [0.4, 0.5) is 0 Å². The molecule has 0 radical (unpaired) electrons. The Balaban J connectivity index is 1.83. The predicted octanol–water partition coefficient (Wildman–Crippen LogP) is 0.828. The molecule has 0 spiro atoms. The maximum atomic E-state index is 8.14. The molecule has 0 N–H and O–H groups in total. The van der Waals surface area contributed by atoms with Crippen molar-refractivity contribution in [1.29, 1.82) is 5.26 Å². The third-order valence-corrected chi connectivity index (χ3v) is 2.47. The van der Waals surface area contributed by atoms with E-state index >= 15 is 0 Å². The first-order valence-corrected chi connectivity index (χ1v) is 3.97. The van der Waals surface area contributed by atoms with E-state index in [0.29, 0.717) is 0 Å². The first kappa shape index (κ1) is 6.03. The van der Waals surface area contributed by atoms with Crippen LogP contribution < -0.4 is 0 Å². The number of nitrogens with zero attached hydrogens (tertiary/aromatic N) is 1. The van der Waals surface area contributed by atoms with Gasteiger partial charge in [0.15, 0.2) is 0 Å². The summed E-state index contributed by atoms with van der Waals surface area (Å²) < 4.78 is 0. The standard InChI is InChI=1S/C5H8BNS/c7-2-1-3-8-5-4-6-5/h5-6H,1,3-4H2. The Labute approximate surface area is 54.7 Å². The Morgan fingerprint density at radius 1 is 1.88 bits per heavy atom. The highest BCUT2D eigenvalue weighted by Gasteiger charge is 2.22. The summed E-state index contributed by atoms with van der Waals surface area (Å²) in [6.45, 7) is 0. The number of thioether (sulfide) groups is 1. The first-order valence-electron chi connectivity index (χ1n) is 2.92. The molecule has 3 heteroatoms. The molecule has 0 saturated carbocycles. The molecule has 1 nitrogen and oxygen atoms in total. The lowest BCUT2D eigenvalue weighted by molar-refractivity contribution is 1.24. The van der Waals surface area contributed by atoms with Crippen LogP contribution in [0.15, 0.2) is 0 Å². The highest BCUT2D eigenvalue weighted by atomic mass is 32.2. The smallest absolute Gasteiger partial charge is 0.136 e. The summed E-state index contributed by atoms with van der Waals surface area (Å²) >= 11 is 1.94. The molecule has 1 fully saturated rings. The number of hydrogen-bond acceptors (Lipinski definition) is 2. The molecule has 1 heterocycles. The SMILES string of the molecule is N#CCCSC1BC1. The van der Waals surface area contributed by atoms with Gasteiger partial charge in [0.1, 0.15) is 7.28 Å². The van der Waals surface area contributed by atoms with Crippen molar-refractivity contribution in [2.75, 3.05) is 5.75 Å². The van der Waals surface area contributed by atoms with Crippen LogP contribution in [0.2, 0.25) is 6.32 Å². The lowest BCUT2D eigenvalue weighted by Gasteiger charge is -1.89. The summed E-state index contributed by atoms with van der Waals surface area (Å²) in [6.07, 6.45) is 2.11. The van der Waals surface area contributed by atoms with Crippen molar-refractivity contribution < 1.29 is 0 Å². The molecule has 0 aromatic carbocycles. The van der Waals surface area contributed by atoms with Crippen LogP contribution in [0.1, 0.15) is 6.42 Å². The molecule has 0 amide bonds. The van der Waals surface area contributed by atoms with E-state index < -0.39 is 0 Å². The first-order chi connectivity index (χ1) is 3.93. The highest BCUT2D eigenvalue weighted by molar-refractivity contribution is 8.02. The molecule has 0 aromatic rings. The van der Waals surface area contributed by atoms with Crippen LogP contribution in [0.25, 0.3) is 0 Å². The Morgan fingerprint density at radius 3 is 3.12 bits per heavy atom. The van der Waals surface area contributed by atoms with Gasteiger partial charge < -0.3 is 0 Å². The van der Waals surface area contributed by atoms with Gasteiger partial charge in [-0.1, -0.05) is 6.32 Å². The van der Waals surface area contributed by atoms with E-state index in [2.05, 4.69) is 6.07 Å². The Bertz CT molecular complexity index is 105. The lowest BCUT2D eigenvalue weighted by Crippen LogP contribution is -1.79. The predicted molar refractivity (Wildman–Crippen MR) is 38.4 cm³/mol. The monoisotopic (exact) mass is 125 g/mol. The lowest BCUT2D eigenvalue weighted by atomic mass is 10.1. The van der Waals surface area contributed by atoms with E-state index in [-0.39, 0.29) is 0 Å². The van der Waals surface area contributed by atoms with Crippen LogP contribution >= 0.6 is 11.8 Å². The molecule has 1 aliphatic heterocycles. The molecular weight excluding hydrogens is 117 g/mol. The second-order valence-corrected chi connectivity index (χ2v) is 3.39. The minimum absolute atomic E-state index is 0.723. The molecule has 1 unspecified atom stereocenters. The third kappa shape index (κ3) is 2.27. The molecule has 1 saturated heterocycles. The van der Waals surface area contributed by atoms with E-state index in [1.165, 1.54) is 13.6 Å². The van der Waals surface area contributed by atoms with Crippen LogP contribution in [-0.4, -0.2) is 18.2 Å². The van der Waals surface area contributed by atoms with Crippen molar-refractivity contribution in [3.63, 3.8) is 0 Å². The number of hydrogen-bond donors (Lipinski definition) is 0. The van der Waals surface area contributed by atoms with E-state index in [1.807, 2.05) is 11.8 Å². The Morgan fingerprint density at radius 2 is 2.62 bits per heavy atom. The number of nitriles is 1. The van der Waals surface area contributed by atoms with Crippen molar-refractivity contribution in [1.82, 2.24) is 0 Å². The normalized spacial score (nSPS) is 23.6. The topological polar surface area (TPSA) is 23.8 Å². The summed E-state index contributed by atoms with van der Waals surface area (Å²) in [6, 6.07) is 2.13. The molecule has 1 atom stereocenters. The third-order valence-electron chi connectivity index (χ3n) is 1.09. The van der Waals surface area contributed by atoms with Crippen LogP contribution in [0.3, 0.4) is 0 Å². The summed E-state index contributed by atoms with van der Waals surface area (Å²) in [5.74, 6) is 1.04. The fourth-order valence-corrected chi connectivity index (χ4v) is 1.52. The van der Waals surface area contributed by atoms with Gasteiger partial charge in [0, 0.05) is 12.2 Å². The largest absolute Gasteiger partial charge is 0.198 e. The van der Waals surface area contributed by atoms with Gasteiger partial charge >= 0.3 is 0 Å². The average molecular weight is 125 g/mol. The van der Waals surface area contributed by atoms with Gasteiger partial charge in [0.25, 0.3) is 0 Å². The van der Waals surface area contributed by atoms with Gasteiger partial charge in [-0.05, 0) is 5.15 Å². The molecule has 0 aliphatic carbocycles. The van der Waals surface area contributed by atoms with Crippen molar-refractivity contribution in [3.8, 4) is 6.07 Å². The summed E-state index contributed by atoms with van der Waals surface area (Å²) in [4.78, 5) is 0. The molecule has 8 heavy (non-hydrogen) atoms. The summed E-state index contributed by atoms with van der Waals surface area (Å²) in [5.41, 5.74) is 0. The van der Waals surface area contributed by atoms with Crippen LogP contribution in [-0.2, 0) is 0 Å². The summed E-state index contributed by atoms with van der Waals surface area (Å²) in [5, 5.41) is 9.06. The molecule has 1 aliphatic rings. The second kappa shape index (κ2) is 3.04. The van der Waals surface area contributed by atoms with Crippen molar-refractivity contribution in [2.24, 2.45) is 0 Å². The van der Waals surface area contributed by atoms with Gasteiger partial charge in [-0.3, -0.25) is 0 Å². The second-order valence-electron chi connectivity index (χ2n) is 1.98. The van der Waals surface area contributed by atoms with Crippen molar-refractivity contribution in [3.05, 3.63) is 0 Å². The zero-order valence-corrected chi connectivity index (χ0v) is 5.58. The molecule has 1 rings (SSSR count). The highest BCUT2D eigenvalue weighted by Crippen LogP contribution is 2.26. The van der Waals surface area contributed by atoms with E-state index in [9.17, 15) is 0 Å². The Kier molecular flexibility index (Phi) is 2.29. The zero-order chi connectivity index (χ0) is 5.82. The molecule has 0 bridgehead atoms. The zero-order valence-electron chi connectivity index (χ0n) is 4.76. The van der Waals surface area contributed by atoms with Gasteiger partial charge in [0.05, 0.1) is 6.07 Å². The van der Waals surface area contributed by atoms with Crippen molar-refractivity contribution in [2.45, 2.75) is 17.9 Å². The maximum Gasteiger partial charge on any atom is 0.136 e. The quantitative estimate of drug-likeness (QED) is 0.412. The van der Waals surface area contributed by atoms with Crippen LogP contribution in [0.5, 0.6) is 0 Å². The molecule has 42 valence electrons. The average Bonchev–Trinajstić information content (AvgIpc) is 2.51. The summed E-state index contributed by atoms with van der Waals surface area (Å²) in [7, 11) is 1.39. The molecule has 0 aromatic heterocycles.